The lowest BCUT2D eigenvalue weighted by Gasteiger charge is -1.96. The normalized spacial score (nSPS) is 9.44. The van der Waals surface area contributed by atoms with Crippen LogP contribution in [0.3, 0.4) is 0 Å². The molecule has 1 N–H and O–H groups in total. The number of H-pyrrole nitrogens is 1. The highest BCUT2D eigenvalue weighted by atomic mass is 16.5. The second-order valence-electron chi connectivity index (χ2n) is 1.71. The van der Waals surface area contributed by atoms with Crippen LogP contribution < -0.4 is 4.74 Å². The standard InChI is InChI=1S/C6H9N2O/c1-2-3-9-6-4-7-8-5-6/h4H,2-3H2,1H3,(H,7,8). The molecule has 0 aliphatic carbocycles. The molecule has 1 aromatic heterocycles. The van der Waals surface area contributed by atoms with Crippen LogP contribution in [0.1, 0.15) is 13.3 Å². The molecule has 0 fully saturated rings. The fourth-order valence-electron chi connectivity index (χ4n) is 0.497. The monoisotopic (exact) mass is 125 g/mol. The summed E-state index contributed by atoms with van der Waals surface area (Å²) in [5.41, 5.74) is 0. The van der Waals surface area contributed by atoms with Crippen LogP contribution in [0.25, 0.3) is 0 Å². The number of hydrogen-bond acceptors (Lipinski definition) is 2. The van der Waals surface area contributed by atoms with Crippen LogP contribution in [0.2, 0.25) is 0 Å². The first-order chi connectivity index (χ1) is 4.43. The number of aromatic amines is 1. The third kappa shape index (κ3) is 1.76. The maximum absolute atomic E-state index is 5.15. The Morgan fingerprint density at radius 3 is 3.33 bits per heavy atom. The summed E-state index contributed by atoms with van der Waals surface area (Å²) in [5, 5.41) is 6.21. The fourth-order valence-corrected chi connectivity index (χ4v) is 0.497. The molecule has 0 bridgehead atoms. The molecule has 1 rings (SSSR count). The SMILES string of the molecule is CCCOc1[c]n[nH]c1. The lowest BCUT2D eigenvalue weighted by atomic mass is 10.5. The fraction of sp³-hybridized carbons (Fsp3) is 0.500. The summed E-state index contributed by atoms with van der Waals surface area (Å²) in [4.78, 5) is 0. The molecule has 3 nitrogen and oxygen atoms in total. The largest absolute Gasteiger partial charge is 0.490 e. The van der Waals surface area contributed by atoms with Crippen LogP contribution in [-0.4, -0.2) is 16.8 Å². The van der Waals surface area contributed by atoms with Crippen LogP contribution in [-0.2, 0) is 0 Å². The molecule has 0 aliphatic rings. The van der Waals surface area contributed by atoms with Gasteiger partial charge in [0.1, 0.15) is 0 Å². The molecule has 49 valence electrons. The van der Waals surface area contributed by atoms with E-state index >= 15 is 0 Å². The Balaban J connectivity index is 2.30. The van der Waals surface area contributed by atoms with E-state index in [1.807, 2.05) is 0 Å². The number of hydrogen-bond donors (Lipinski definition) is 1. The molecule has 0 amide bonds. The van der Waals surface area contributed by atoms with Gasteiger partial charge in [0, 0.05) is 0 Å². The number of aromatic nitrogens is 2. The first-order valence-corrected chi connectivity index (χ1v) is 2.97. The quantitative estimate of drug-likeness (QED) is 0.654. The van der Waals surface area contributed by atoms with Gasteiger partial charge in [-0.2, -0.15) is 5.10 Å². The Morgan fingerprint density at radius 2 is 2.78 bits per heavy atom. The second-order valence-corrected chi connectivity index (χ2v) is 1.71. The van der Waals surface area contributed by atoms with Gasteiger partial charge in [-0.1, -0.05) is 6.92 Å². The van der Waals surface area contributed by atoms with Gasteiger partial charge in [-0.05, 0) is 6.42 Å². The third-order valence-electron chi connectivity index (χ3n) is 0.888. The highest BCUT2D eigenvalue weighted by Gasteiger charge is 1.90. The molecule has 9 heavy (non-hydrogen) atoms. The summed E-state index contributed by atoms with van der Waals surface area (Å²) >= 11 is 0. The molecular formula is C6H9N2O. The van der Waals surface area contributed by atoms with E-state index in [0.29, 0.717) is 5.75 Å². The van der Waals surface area contributed by atoms with E-state index < -0.39 is 0 Å². The lowest BCUT2D eigenvalue weighted by molar-refractivity contribution is 0.317. The zero-order chi connectivity index (χ0) is 6.53. The highest BCUT2D eigenvalue weighted by molar-refractivity contribution is 5.07. The summed E-state index contributed by atoms with van der Waals surface area (Å²) in [7, 11) is 0. The van der Waals surface area contributed by atoms with Crippen LogP contribution in [0, 0.1) is 6.20 Å². The van der Waals surface area contributed by atoms with Crippen LogP contribution in [0.4, 0.5) is 0 Å². The van der Waals surface area contributed by atoms with Crippen LogP contribution >= 0.6 is 0 Å². The first-order valence-electron chi connectivity index (χ1n) is 2.97. The molecule has 1 radical (unpaired) electrons. The minimum atomic E-state index is 0.692. The summed E-state index contributed by atoms with van der Waals surface area (Å²) in [6.45, 7) is 2.79. The summed E-state index contributed by atoms with van der Waals surface area (Å²) < 4.78 is 5.15. The minimum absolute atomic E-state index is 0.692. The van der Waals surface area contributed by atoms with E-state index in [4.69, 9.17) is 4.74 Å². The van der Waals surface area contributed by atoms with Crippen molar-refractivity contribution in [2.45, 2.75) is 13.3 Å². The van der Waals surface area contributed by atoms with Gasteiger partial charge < -0.3 is 4.74 Å². The van der Waals surface area contributed by atoms with Gasteiger partial charge in [-0.15, -0.1) is 0 Å². The van der Waals surface area contributed by atoms with Crippen molar-refractivity contribution in [2.75, 3.05) is 6.61 Å². The van der Waals surface area contributed by atoms with Crippen LogP contribution in [0.15, 0.2) is 6.20 Å². The number of rotatable bonds is 3. The molecule has 0 aromatic carbocycles. The van der Waals surface area contributed by atoms with Crippen molar-refractivity contribution in [3.8, 4) is 5.75 Å². The van der Waals surface area contributed by atoms with Gasteiger partial charge in [0.15, 0.2) is 11.9 Å². The topological polar surface area (TPSA) is 37.9 Å². The smallest absolute Gasteiger partial charge is 0.166 e. The van der Waals surface area contributed by atoms with Crippen molar-refractivity contribution in [3.63, 3.8) is 0 Å². The van der Waals surface area contributed by atoms with Gasteiger partial charge in [0.05, 0.1) is 12.8 Å². The molecule has 1 aromatic rings. The van der Waals surface area contributed by atoms with E-state index in [2.05, 4.69) is 23.3 Å². The summed E-state index contributed by atoms with van der Waals surface area (Å²) in [6.07, 6.45) is 5.33. The van der Waals surface area contributed by atoms with E-state index in [1.165, 1.54) is 0 Å². The zero-order valence-corrected chi connectivity index (χ0v) is 5.35. The van der Waals surface area contributed by atoms with Gasteiger partial charge >= 0.3 is 0 Å². The van der Waals surface area contributed by atoms with Gasteiger partial charge in [0.2, 0.25) is 0 Å². The van der Waals surface area contributed by atoms with Crippen LogP contribution in [0.5, 0.6) is 5.75 Å². The van der Waals surface area contributed by atoms with E-state index in [9.17, 15) is 0 Å². The molecule has 1 heterocycles. The maximum Gasteiger partial charge on any atom is 0.166 e. The number of ether oxygens (including phenoxy) is 1. The first kappa shape index (κ1) is 6.13. The molecule has 0 saturated carbocycles. The molecule has 0 unspecified atom stereocenters. The Labute approximate surface area is 54.0 Å². The summed E-state index contributed by atoms with van der Waals surface area (Å²) in [6, 6.07) is 0. The average molecular weight is 125 g/mol. The van der Waals surface area contributed by atoms with E-state index in [0.717, 1.165) is 13.0 Å². The molecular weight excluding hydrogens is 116 g/mol. The number of nitrogens with zero attached hydrogens (tertiary/aromatic N) is 1. The van der Waals surface area contributed by atoms with Crippen molar-refractivity contribution in [1.29, 1.82) is 0 Å². The van der Waals surface area contributed by atoms with Crippen molar-refractivity contribution < 1.29 is 4.74 Å². The number of nitrogens with one attached hydrogen (secondary N) is 1. The zero-order valence-electron chi connectivity index (χ0n) is 5.35. The highest BCUT2D eigenvalue weighted by Crippen LogP contribution is 2.02. The average Bonchev–Trinajstić information content (AvgIpc) is 2.34. The Hall–Kier alpha value is -0.990. The third-order valence-corrected chi connectivity index (χ3v) is 0.888. The van der Waals surface area contributed by atoms with Crippen molar-refractivity contribution in [3.05, 3.63) is 12.4 Å². The Bertz CT molecular complexity index is 148. The second kappa shape index (κ2) is 3.12. The predicted octanol–water partition coefficient (Wildman–Crippen LogP) is 0.999. The van der Waals surface area contributed by atoms with Gasteiger partial charge in [0.25, 0.3) is 0 Å². The molecule has 3 heteroatoms. The Morgan fingerprint density at radius 1 is 1.89 bits per heavy atom. The van der Waals surface area contributed by atoms with Crippen molar-refractivity contribution in [1.82, 2.24) is 10.2 Å². The molecule has 0 spiro atoms. The predicted molar refractivity (Wildman–Crippen MR) is 33.2 cm³/mol. The lowest BCUT2D eigenvalue weighted by Crippen LogP contribution is -1.92. The van der Waals surface area contributed by atoms with E-state index in [-0.39, 0.29) is 0 Å². The van der Waals surface area contributed by atoms with Crippen molar-refractivity contribution >= 4 is 0 Å². The summed E-state index contributed by atoms with van der Waals surface area (Å²) in [5.74, 6) is 0.692. The molecule has 0 aliphatic heterocycles. The van der Waals surface area contributed by atoms with Gasteiger partial charge in [-0.25, -0.2) is 0 Å². The van der Waals surface area contributed by atoms with Gasteiger partial charge in [-0.3, -0.25) is 5.10 Å². The Kier molecular flexibility index (Phi) is 2.13. The van der Waals surface area contributed by atoms with E-state index in [1.54, 1.807) is 6.20 Å². The minimum Gasteiger partial charge on any atom is -0.490 e. The molecule has 0 atom stereocenters. The van der Waals surface area contributed by atoms with Crippen molar-refractivity contribution in [2.24, 2.45) is 0 Å². The molecule has 0 saturated heterocycles. The maximum atomic E-state index is 5.15.